The standard InChI is InChI=1S/C18H35NO3/c1-3-5-7-9-11-13-15(12-10-8-6-4-2)18(22)16(19)14-17(20)21/h15-16H,3-14,19H2,1-2H3,(H,20,21). The first-order valence-corrected chi connectivity index (χ1v) is 9.04. The van der Waals surface area contributed by atoms with E-state index in [-0.39, 0.29) is 18.1 Å². The monoisotopic (exact) mass is 313 g/mol. The summed E-state index contributed by atoms with van der Waals surface area (Å²) in [6.07, 6.45) is 11.9. The van der Waals surface area contributed by atoms with Crippen molar-refractivity contribution in [2.24, 2.45) is 11.7 Å². The molecular weight excluding hydrogens is 278 g/mol. The number of carbonyl (C=O) groups is 2. The third-order valence-electron chi connectivity index (χ3n) is 4.22. The molecule has 0 aromatic carbocycles. The SMILES string of the molecule is CCCCCCCC(CCCCCC)C(=O)C(N)CC(=O)O. The van der Waals surface area contributed by atoms with Crippen LogP contribution in [0.4, 0.5) is 0 Å². The van der Waals surface area contributed by atoms with Crippen LogP contribution in [0.15, 0.2) is 0 Å². The van der Waals surface area contributed by atoms with Crippen LogP contribution < -0.4 is 5.73 Å². The summed E-state index contributed by atoms with van der Waals surface area (Å²) in [5.74, 6) is -1.09. The molecule has 0 aromatic heterocycles. The number of carbonyl (C=O) groups excluding carboxylic acids is 1. The first kappa shape index (κ1) is 21.1. The predicted octanol–water partition coefficient (Wildman–Crippen LogP) is 4.30. The predicted molar refractivity (Wildman–Crippen MR) is 90.9 cm³/mol. The van der Waals surface area contributed by atoms with Crippen molar-refractivity contribution in [2.45, 2.75) is 96.9 Å². The summed E-state index contributed by atoms with van der Waals surface area (Å²) in [4.78, 5) is 23.1. The number of unbranched alkanes of at least 4 members (excludes halogenated alkanes) is 7. The maximum Gasteiger partial charge on any atom is 0.305 e. The largest absolute Gasteiger partial charge is 0.481 e. The van der Waals surface area contributed by atoms with Gasteiger partial charge in [0.1, 0.15) is 0 Å². The Hall–Kier alpha value is -0.900. The van der Waals surface area contributed by atoms with Crippen LogP contribution in [0.2, 0.25) is 0 Å². The van der Waals surface area contributed by atoms with Crippen LogP contribution in [0, 0.1) is 5.92 Å². The fourth-order valence-corrected chi connectivity index (χ4v) is 2.83. The van der Waals surface area contributed by atoms with E-state index in [2.05, 4.69) is 13.8 Å². The number of hydrogen-bond acceptors (Lipinski definition) is 3. The fraction of sp³-hybridized carbons (Fsp3) is 0.889. The average molecular weight is 313 g/mol. The van der Waals surface area contributed by atoms with Crippen LogP contribution >= 0.6 is 0 Å². The van der Waals surface area contributed by atoms with Gasteiger partial charge in [0, 0.05) is 5.92 Å². The molecule has 0 aliphatic carbocycles. The minimum atomic E-state index is -0.992. The van der Waals surface area contributed by atoms with Gasteiger partial charge in [0.2, 0.25) is 0 Å². The highest BCUT2D eigenvalue weighted by Gasteiger charge is 2.25. The third kappa shape index (κ3) is 10.8. The molecule has 2 atom stereocenters. The van der Waals surface area contributed by atoms with Gasteiger partial charge < -0.3 is 10.8 Å². The minimum Gasteiger partial charge on any atom is -0.481 e. The van der Waals surface area contributed by atoms with E-state index in [4.69, 9.17) is 10.8 Å². The molecule has 0 spiro atoms. The molecule has 0 heterocycles. The average Bonchev–Trinajstić information content (AvgIpc) is 2.47. The van der Waals surface area contributed by atoms with Crippen molar-refractivity contribution in [3.63, 3.8) is 0 Å². The summed E-state index contributed by atoms with van der Waals surface area (Å²) in [7, 11) is 0. The minimum absolute atomic E-state index is 0.0469. The van der Waals surface area contributed by atoms with Crippen LogP contribution in [-0.2, 0) is 9.59 Å². The number of ketones is 1. The van der Waals surface area contributed by atoms with E-state index in [1.54, 1.807) is 0 Å². The zero-order chi connectivity index (χ0) is 16.8. The molecule has 0 amide bonds. The van der Waals surface area contributed by atoms with Crippen LogP contribution in [0.1, 0.15) is 90.9 Å². The Morgan fingerprint density at radius 3 is 1.77 bits per heavy atom. The van der Waals surface area contributed by atoms with Crippen molar-refractivity contribution in [3.8, 4) is 0 Å². The number of nitrogens with two attached hydrogens (primary N) is 1. The van der Waals surface area contributed by atoms with Gasteiger partial charge in [-0.15, -0.1) is 0 Å². The van der Waals surface area contributed by atoms with Crippen molar-refractivity contribution >= 4 is 11.8 Å². The summed E-state index contributed by atoms with van der Waals surface area (Å²) in [5.41, 5.74) is 5.77. The van der Waals surface area contributed by atoms with Gasteiger partial charge in [0.25, 0.3) is 0 Å². The van der Waals surface area contributed by atoms with Crippen molar-refractivity contribution in [3.05, 3.63) is 0 Å². The van der Waals surface area contributed by atoms with Gasteiger partial charge >= 0.3 is 5.97 Å². The van der Waals surface area contributed by atoms with Crippen molar-refractivity contribution in [1.82, 2.24) is 0 Å². The first-order chi connectivity index (χ1) is 10.5. The normalized spacial score (nSPS) is 13.8. The lowest BCUT2D eigenvalue weighted by Gasteiger charge is -2.19. The highest BCUT2D eigenvalue weighted by Crippen LogP contribution is 2.21. The van der Waals surface area contributed by atoms with Gasteiger partial charge in [-0.25, -0.2) is 0 Å². The molecule has 0 rings (SSSR count). The number of carboxylic acids is 1. The number of aliphatic carboxylic acids is 1. The molecule has 0 fully saturated rings. The molecule has 0 saturated carbocycles. The van der Waals surface area contributed by atoms with Crippen LogP contribution in [0.3, 0.4) is 0 Å². The lowest BCUT2D eigenvalue weighted by atomic mass is 9.87. The van der Waals surface area contributed by atoms with Crippen molar-refractivity contribution < 1.29 is 14.7 Å². The van der Waals surface area contributed by atoms with Gasteiger partial charge in [-0.1, -0.05) is 71.6 Å². The quantitative estimate of drug-likeness (QED) is 0.442. The number of rotatable bonds is 15. The lowest BCUT2D eigenvalue weighted by molar-refractivity contribution is -0.139. The molecule has 4 heteroatoms. The zero-order valence-electron chi connectivity index (χ0n) is 14.5. The maximum absolute atomic E-state index is 12.4. The van der Waals surface area contributed by atoms with E-state index in [9.17, 15) is 9.59 Å². The summed E-state index contributed by atoms with van der Waals surface area (Å²) in [6.45, 7) is 4.35. The van der Waals surface area contributed by atoms with E-state index < -0.39 is 12.0 Å². The maximum atomic E-state index is 12.4. The zero-order valence-corrected chi connectivity index (χ0v) is 14.5. The summed E-state index contributed by atoms with van der Waals surface area (Å²) >= 11 is 0. The number of hydrogen-bond donors (Lipinski definition) is 2. The molecule has 2 unspecified atom stereocenters. The summed E-state index contributed by atoms with van der Waals surface area (Å²) in [6, 6.07) is -0.843. The number of Topliss-reactive ketones (excluding diaryl/α,β-unsaturated/α-hetero) is 1. The Bertz CT molecular complexity index is 305. The summed E-state index contributed by atoms with van der Waals surface area (Å²) in [5, 5.41) is 8.80. The second-order valence-corrected chi connectivity index (χ2v) is 6.36. The van der Waals surface area contributed by atoms with Gasteiger partial charge in [-0.3, -0.25) is 9.59 Å². The second kappa shape index (κ2) is 13.7. The molecule has 0 aromatic rings. The van der Waals surface area contributed by atoms with E-state index in [1.807, 2.05) is 0 Å². The van der Waals surface area contributed by atoms with E-state index in [1.165, 1.54) is 32.1 Å². The topological polar surface area (TPSA) is 80.4 Å². The van der Waals surface area contributed by atoms with Gasteiger partial charge in [-0.2, -0.15) is 0 Å². The van der Waals surface area contributed by atoms with Crippen molar-refractivity contribution in [2.75, 3.05) is 0 Å². The Labute approximate surface area is 135 Å². The molecule has 130 valence electrons. The second-order valence-electron chi connectivity index (χ2n) is 6.36. The molecule has 0 bridgehead atoms. The molecule has 0 aliphatic heterocycles. The lowest BCUT2D eigenvalue weighted by Crippen LogP contribution is -2.37. The molecule has 0 saturated heterocycles. The van der Waals surface area contributed by atoms with Crippen LogP contribution in [0.25, 0.3) is 0 Å². The third-order valence-corrected chi connectivity index (χ3v) is 4.22. The van der Waals surface area contributed by atoms with Crippen molar-refractivity contribution in [1.29, 1.82) is 0 Å². The highest BCUT2D eigenvalue weighted by molar-refractivity contribution is 5.89. The van der Waals surface area contributed by atoms with Gasteiger partial charge in [-0.05, 0) is 12.8 Å². The molecule has 4 nitrogen and oxygen atoms in total. The number of carboxylic acid groups (broad SMARTS) is 1. The van der Waals surface area contributed by atoms with E-state index >= 15 is 0 Å². The molecule has 3 N–H and O–H groups in total. The Kier molecular flexibility index (Phi) is 13.2. The van der Waals surface area contributed by atoms with Crippen LogP contribution in [-0.4, -0.2) is 22.9 Å². The highest BCUT2D eigenvalue weighted by atomic mass is 16.4. The smallest absolute Gasteiger partial charge is 0.305 e. The molecule has 0 aliphatic rings. The molecule has 0 radical (unpaired) electrons. The molecule has 22 heavy (non-hydrogen) atoms. The van der Waals surface area contributed by atoms with Gasteiger partial charge in [0.15, 0.2) is 5.78 Å². The Morgan fingerprint density at radius 2 is 1.32 bits per heavy atom. The summed E-state index contributed by atoms with van der Waals surface area (Å²) < 4.78 is 0. The van der Waals surface area contributed by atoms with E-state index in [0.29, 0.717) is 0 Å². The van der Waals surface area contributed by atoms with Crippen LogP contribution in [0.5, 0.6) is 0 Å². The Morgan fingerprint density at radius 1 is 0.864 bits per heavy atom. The van der Waals surface area contributed by atoms with E-state index in [0.717, 1.165) is 38.5 Å². The molecular formula is C18H35NO3. The Balaban J connectivity index is 4.29. The fourth-order valence-electron chi connectivity index (χ4n) is 2.83. The first-order valence-electron chi connectivity index (χ1n) is 9.04. The van der Waals surface area contributed by atoms with Gasteiger partial charge in [0.05, 0.1) is 12.5 Å².